The Morgan fingerprint density at radius 1 is 1.27 bits per heavy atom. The maximum Gasteiger partial charge on any atom is 0.433 e. The highest BCUT2D eigenvalue weighted by atomic mass is 19.1. The molecule has 1 aromatic carbocycles. The van der Waals surface area contributed by atoms with Gasteiger partial charge in [0, 0.05) is 0 Å². The van der Waals surface area contributed by atoms with E-state index < -0.39 is 40.9 Å². The van der Waals surface area contributed by atoms with Crippen molar-refractivity contribution in [3.05, 3.63) is 58.1 Å². The molecule has 0 fully saturated rings. The summed E-state index contributed by atoms with van der Waals surface area (Å²) in [5, 5.41) is 12.6. The van der Waals surface area contributed by atoms with Crippen LogP contribution in [0.25, 0.3) is 0 Å². The summed E-state index contributed by atoms with van der Waals surface area (Å²) in [6.45, 7) is -0.693. The number of carbonyl (C=O) groups excluding carboxylic acids is 2. The number of halogens is 1. The number of hydrogen-bond donors (Lipinski definition) is 1. The topological polar surface area (TPSA) is 112 Å². The van der Waals surface area contributed by atoms with Crippen LogP contribution in [-0.4, -0.2) is 23.4 Å². The van der Waals surface area contributed by atoms with Gasteiger partial charge in [0.05, 0.1) is 11.8 Å². The molecule has 1 N–H and O–H groups in total. The second-order valence-electron chi connectivity index (χ2n) is 4.00. The number of anilines is 1. The van der Waals surface area contributed by atoms with Gasteiger partial charge >= 0.3 is 11.9 Å². The summed E-state index contributed by atoms with van der Waals surface area (Å²) in [7, 11) is 0. The molecule has 0 aliphatic rings. The van der Waals surface area contributed by atoms with E-state index in [9.17, 15) is 24.1 Å². The largest absolute Gasteiger partial charge is 0.450 e. The molecule has 0 radical (unpaired) electrons. The zero-order valence-electron chi connectivity index (χ0n) is 10.9. The lowest BCUT2D eigenvalue weighted by molar-refractivity contribution is -0.402. The van der Waals surface area contributed by atoms with Gasteiger partial charge in [-0.3, -0.25) is 14.9 Å². The van der Waals surface area contributed by atoms with Gasteiger partial charge in [0.25, 0.3) is 5.91 Å². The second-order valence-corrected chi connectivity index (χ2v) is 4.00. The smallest absolute Gasteiger partial charge is 0.433 e. The highest BCUT2D eigenvalue weighted by Gasteiger charge is 2.19. The summed E-state index contributed by atoms with van der Waals surface area (Å²) in [5.74, 6) is -3.48. The maximum absolute atomic E-state index is 13.3. The first-order valence-electron chi connectivity index (χ1n) is 5.93. The standard InChI is InChI=1S/C13H9FN2O6/c14-8-3-1-2-4-9(8)15-11(17)7-21-13(18)10-5-6-12(22-10)16(19)20/h1-6H,7H2,(H,15,17). The van der Waals surface area contributed by atoms with Gasteiger partial charge in [0.15, 0.2) is 6.61 Å². The second kappa shape index (κ2) is 6.48. The van der Waals surface area contributed by atoms with Crippen LogP contribution in [0.4, 0.5) is 16.0 Å². The third kappa shape index (κ3) is 3.66. The molecule has 0 atom stereocenters. The Morgan fingerprint density at radius 3 is 2.64 bits per heavy atom. The molecule has 0 unspecified atom stereocenters. The number of nitrogens with zero attached hydrogens (tertiary/aromatic N) is 1. The normalized spacial score (nSPS) is 10.0. The Bertz CT molecular complexity index is 727. The lowest BCUT2D eigenvalue weighted by Crippen LogP contribution is -2.21. The molecular weight excluding hydrogens is 299 g/mol. The van der Waals surface area contributed by atoms with Gasteiger partial charge < -0.3 is 14.5 Å². The fraction of sp³-hybridized carbons (Fsp3) is 0.0769. The molecule has 2 rings (SSSR count). The number of nitro groups is 1. The van der Waals surface area contributed by atoms with Crippen LogP contribution < -0.4 is 5.32 Å². The van der Waals surface area contributed by atoms with Gasteiger partial charge in [-0.25, -0.2) is 9.18 Å². The Hall–Kier alpha value is -3.23. The van der Waals surface area contributed by atoms with Crippen LogP contribution in [0.3, 0.4) is 0 Å². The summed E-state index contributed by atoms with van der Waals surface area (Å²) in [6, 6.07) is 7.50. The highest BCUT2D eigenvalue weighted by Crippen LogP contribution is 2.16. The fourth-order valence-electron chi connectivity index (χ4n) is 1.49. The molecule has 0 bridgehead atoms. The van der Waals surface area contributed by atoms with E-state index in [0.717, 1.165) is 18.2 Å². The average molecular weight is 308 g/mol. The number of nitrogens with one attached hydrogen (secondary N) is 1. The zero-order valence-corrected chi connectivity index (χ0v) is 10.9. The van der Waals surface area contributed by atoms with E-state index >= 15 is 0 Å². The number of furan rings is 1. The van der Waals surface area contributed by atoms with E-state index in [4.69, 9.17) is 0 Å². The minimum Gasteiger partial charge on any atom is -0.450 e. The number of hydrogen-bond acceptors (Lipinski definition) is 6. The average Bonchev–Trinajstić information content (AvgIpc) is 2.97. The van der Waals surface area contributed by atoms with Crippen molar-refractivity contribution in [2.75, 3.05) is 11.9 Å². The van der Waals surface area contributed by atoms with Crippen molar-refractivity contribution in [3.63, 3.8) is 0 Å². The predicted molar refractivity (Wildman–Crippen MR) is 70.7 cm³/mol. The number of amides is 1. The van der Waals surface area contributed by atoms with Crippen LogP contribution in [0, 0.1) is 15.9 Å². The van der Waals surface area contributed by atoms with E-state index in [1.807, 2.05) is 0 Å². The lowest BCUT2D eigenvalue weighted by atomic mass is 10.3. The molecule has 22 heavy (non-hydrogen) atoms. The Labute approximate surface area is 122 Å². The Kier molecular flexibility index (Phi) is 4.47. The molecule has 8 nitrogen and oxygen atoms in total. The van der Waals surface area contributed by atoms with E-state index in [-0.39, 0.29) is 5.69 Å². The molecule has 0 saturated carbocycles. The first kappa shape index (κ1) is 15.2. The van der Waals surface area contributed by atoms with Crippen molar-refractivity contribution < 1.29 is 28.1 Å². The van der Waals surface area contributed by atoms with Gasteiger partial charge in [-0.15, -0.1) is 0 Å². The van der Waals surface area contributed by atoms with Crippen molar-refractivity contribution in [2.45, 2.75) is 0 Å². The monoisotopic (exact) mass is 308 g/mol. The molecule has 1 amide bonds. The summed E-state index contributed by atoms with van der Waals surface area (Å²) in [4.78, 5) is 32.6. The van der Waals surface area contributed by atoms with Gasteiger partial charge in [-0.05, 0) is 18.2 Å². The Morgan fingerprint density at radius 2 is 2.00 bits per heavy atom. The number of para-hydroxylation sites is 1. The van der Waals surface area contributed by atoms with Crippen LogP contribution in [0.15, 0.2) is 40.8 Å². The molecular formula is C13H9FN2O6. The number of benzene rings is 1. The minimum absolute atomic E-state index is 0.0582. The third-order valence-corrected chi connectivity index (χ3v) is 2.46. The van der Waals surface area contributed by atoms with Crippen LogP contribution in [-0.2, 0) is 9.53 Å². The van der Waals surface area contributed by atoms with Gasteiger partial charge in [0.1, 0.15) is 10.7 Å². The molecule has 9 heteroatoms. The maximum atomic E-state index is 13.3. The molecule has 0 aliphatic carbocycles. The number of carbonyl (C=O) groups is 2. The fourth-order valence-corrected chi connectivity index (χ4v) is 1.49. The molecule has 114 valence electrons. The molecule has 1 aromatic heterocycles. The first-order chi connectivity index (χ1) is 10.5. The van der Waals surface area contributed by atoms with E-state index in [2.05, 4.69) is 14.5 Å². The molecule has 0 spiro atoms. The van der Waals surface area contributed by atoms with Crippen molar-refractivity contribution in [1.29, 1.82) is 0 Å². The molecule has 1 heterocycles. The molecule has 0 aliphatic heterocycles. The van der Waals surface area contributed by atoms with Crippen molar-refractivity contribution in [1.82, 2.24) is 0 Å². The first-order valence-corrected chi connectivity index (χ1v) is 5.93. The van der Waals surface area contributed by atoms with Crippen LogP contribution >= 0.6 is 0 Å². The molecule has 0 saturated heterocycles. The van der Waals surface area contributed by atoms with Crippen molar-refractivity contribution in [2.24, 2.45) is 0 Å². The minimum atomic E-state index is -1.04. The summed E-state index contributed by atoms with van der Waals surface area (Å²) >= 11 is 0. The Balaban J connectivity index is 1.89. The van der Waals surface area contributed by atoms with Gasteiger partial charge in [-0.2, -0.15) is 0 Å². The molecule has 2 aromatic rings. The van der Waals surface area contributed by atoms with Crippen LogP contribution in [0.5, 0.6) is 0 Å². The SMILES string of the molecule is O=C(COC(=O)c1ccc([N+](=O)[O-])o1)Nc1ccccc1F. The highest BCUT2D eigenvalue weighted by molar-refractivity contribution is 5.94. The number of rotatable bonds is 5. The van der Waals surface area contributed by atoms with E-state index in [0.29, 0.717) is 0 Å². The number of ether oxygens (including phenoxy) is 1. The quantitative estimate of drug-likeness (QED) is 0.514. The van der Waals surface area contributed by atoms with Gasteiger partial charge in [0.2, 0.25) is 5.76 Å². The van der Waals surface area contributed by atoms with E-state index in [1.165, 1.54) is 18.2 Å². The zero-order chi connectivity index (χ0) is 16.1. The lowest BCUT2D eigenvalue weighted by Gasteiger charge is -2.06. The van der Waals surface area contributed by atoms with E-state index in [1.54, 1.807) is 0 Å². The van der Waals surface area contributed by atoms with Crippen molar-refractivity contribution >= 4 is 23.4 Å². The summed E-state index contributed by atoms with van der Waals surface area (Å²) in [5.41, 5.74) is -0.0582. The van der Waals surface area contributed by atoms with Crippen LogP contribution in [0.2, 0.25) is 0 Å². The number of esters is 1. The predicted octanol–water partition coefficient (Wildman–Crippen LogP) is 2.12. The third-order valence-electron chi connectivity index (χ3n) is 2.46. The van der Waals surface area contributed by atoms with Gasteiger partial charge in [-0.1, -0.05) is 12.1 Å². The summed E-state index contributed by atoms with van der Waals surface area (Å²) < 4.78 is 22.5. The van der Waals surface area contributed by atoms with Crippen molar-refractivity contribution in [3.8, 4) is 0 Å². The van der Waals surface area contributed by atoms with Crippen LogP contribution in [0.1, 0.15) is 10.6 Å². The summed E-state index contributed by atoms with van der Waals surface area (Å²) in [6.07, 6.45) is 0.